The molecule has 2 aliphatic carbocycles. The minimum absolute atomic E-state index is 0.105. The summed E-state index contributed by atoms with van der Waals surface area (Å²) in [6, 6.07) is -0.284. The van der Waals surface area contributed by atoms with Crippen molar-refractivity contribution in [2.75, 3.05) is 0 Å². The molecule has 1 aromatic heterocycles. The molecule has 0 saturated heterocycles. The summed E-state index contributed by atoms with van der Waals surface area (Å²) in [6.45, 7) is 1.66. The van der Waals surface area contributed by atoms with Crippen molar-refractivity contribution in [1.29, 1.82) is 0 Å². The largest absolute Gasteiger partial charge is 0.352 e. The third-order valence-electron chi connectivity index (χ3n) is 3.33. The molecule has 1 heterocycles. The maximum absolute atomic E-state index is 11.9. The number of hydrogen-bond donors (Lipinski definition) is 3. The van der Waals surface area contributed by atoms with Crippen molar-refractivity contribution < 1.29 is 9.59 Å². The van der Waals surface area contributed by atoms with Gasteiger partial charge in [0.05, 0.1) is 0 Å². The summed E-state index contributed by atoms with van der Waals surface area (Å²) in [7, 11) is 0. The molecule has 0 radical (unpaired) electrons. The Labute approximate surface area is 110 Å². The topological polar surface area (TPSA) is 99.8 Å². The van der Waals surface area contributed by atoms with Gasteiger partial charge in [0.25, 0.3) is 5.91 Å². The molecule has 102 valence electrons. The minimum Gasteiger partial charge on any atom is -0.352 e. The van der Waals surface area contributed by atoms with E-state index in [1.165, 1.54) is 0 Å². The highest BCUT2D eigenvalue weighted by Crippen LogP contribution is 2.37. The molecule has 1 atom stereocenters. The molecule has 2 aliphatic rings. The Kier molecular flexibility index (Phi) is 2.96. The molecule has 7 nitrogen and oxygen atoms in total. The van der Waals surface area contributed by atoms with Gasteiger partial charge in [-0.3, -0.25) is 14.7 Å². The van der Waals surface area contributed by atoms with E-state index >= 15 is 0 Å². The molecule has 2 saturated carbocycles. The van der Waals surface area contributed by atoms with Crippen LogP contribution in [0.15, 0.2) is 0 Å². The van der Waals surface area contributed by atoms with E-state index < -0.39 is 11.9 Å². The summed E-state index contributed by atoms with van der Waals surface area (Å²) in [5.41, 5.74) is 0. The van der Waals surface area contributed by atoms with Crippen LogP contribution in [-0.2, 0) is 4.79 Å². The van der Waals surface area contributed by atoms with E-state index in [4.69, 9.17) is 0 Å². The SMILES string of the molecule is CC(NC(=O)c1n[nH]c(C2CC2)n1)C(=O)NC1CC1. The maximum atomic E-state index is 11.9. The number of hydrogen-bond acceptors (Lipinski definition) is 4. The monoisotopic (exact) mass is 263 g/mol. The third-order valence-corrected chi connectivity index (χ3v) is 3.33. The fraction of sp³-hybridized carbons (Fsp3) is 0.667. The van der Waals surface area contributed by atoms with Crippen molar-refractivity contribution in [3.8, 4) is 0 Å². The van der Waals surface area contributed by atoms with Crippen LogP contribution >= 0.6 is 0 Å². The van der Waals surface area contributed by atoms with E-state index in [9.17, 15) is 9.59 Å². The molecule has 1 aromatic rings. The van der Waals surface area contributed by atoms with Crippen LogP contribution in [0.1, 0.15) is 55.0 Å². The first-order valence-corrected chi connectivity index (χ1v) is 6.67. The smallest absolute Gasteiger partial charge is 0.291 e. The number of aromatic nitrogens is 3. The molecule has 3 rings (SSSR count). The van der Waals surface area contributed by atoms with Gasteiger partial charge in [0.1, 0.15) is 11.9 Å². The van der Waals surface area contributed by atoms with Crippen LogP contribution in [0.5, 0.6) is 0 Å². The molecule has 1 unspecified atom stereocenters. The Morgan fingerprint density at radius 3 is 2.68 bits per heavy atom. The second-order valence-corrected chi connectivity index (χ2v) is 5.30. The van der Waals surface area contributed by atoms with E-state index in [0.717, 1.165) is 31.5 Å². The molecule has 0 bridgehead atoms. The molecule has 2 fully saturated rings. The predicted molar refractivity (Wildman–Crippen MR) is 66.5 cm³/mol. The molecule has 0 spiro atoms. The summed E-state index contributed by atoms with van der Waals surface area (Å²) in [6.07, 6.45) is 4.24. The predicted octanol–water partition coefficient (Wildman–Crippen LogP) is 0.0790. The van der Waals surface area contributed by atoms with Crippen LogP contribution in [0, 0.1) is 0 Å². The second kappa shape index (κ2) is 4.64. The highest BCUT2D eigenvalue weighted by Gasteiger charge is 2.29. The quantitative estimate of drug-likeness (QED) is 0.700. The minimum atomic E-state index is -0.573. The molecule has 3 N–H and O–H groups in total. The summed E-state index contributed by atoms with van der Waals surface area (Å²) < 4.78 is 0. The number of H-pyrrole nitrogens is 1. The molecule has 0 aliphatic heterocycles. The lowest BCUT2D eigenvalue weighted by molar-refractivity contribution is -0.122. The lowest BCUT2D eigenvalue weighted by atomic mass is 10.3. The lowest BCUT2D eigenvalue weighted by Gasteiger charge is -2.12. The Balaban J connectivity index is 1.54. The van der Waals surface area contributed by atoms with Crippen molar-refractivity contribution in [2.24, 2.45) is 0 Å². The van der Waals surface area contributed by atoms with Gasteiger partial charge in [0.2, 0.25) is 11.7 Å². The Morgan fingerprint density at radius 1 is 1.32 bits per heavy atom. The fourth-order valence-electron chi connectivity index (χ4n) is 1.80. The van der Waals surface area contributed by atoms with Gasteiger partial charge < -0.3 is 10.6 Å². The first kappa shape index (κ1) is 12.1. The third kappa shape index (κ3) is 2.91. The normalized spacial score (nSPS) is 19.8. The number of nitrogens with one attached hydrogen (secondary N) is 3. The number of carbonyl (C=O) groups is 2. The average Bonchev–Trinajstić information content (AvgIpc) is 3.30. The first-order valence-electron chi connectivity index (χ1n) is 6.67. The van der Waals surface area contributed by atoms with Gasteiger partial charge in [-0.25, -0.2) is 4.98 Å². The van der Waals surface area contributed by atoms with Gasteiger partial charge in [0.15, 0.2) is 0 Å². The van der Waals surface area contributed by atoms with Crippen LogP contribution in [-0.4, -0.2) is 39.1 Å². The van der Waals surface area contributed by atoms with Crippen LogP contribution in [0.25, 0.3) is 0 Å². The zero-order valence-corrected chi connectivity index (χ0v) is 10.8. The zero-order valence-electron chi connectivity index (χ0n) is 10.8. The summed E-state index contributed by atoms with van der Waals surface area (Å²) in [4.78, 5) is 27.7. The van der Waals surface area contributed by atoms with Gasteiger partial charge in [-0.05, 0) is 32.6 Å². The number of nitrogens with zero attached hydrogens (tertiary/aromatic N) is 2. The van der Waals surface area contributed by atoms with Crippen molar-refractivity contribution >= 4 is 11.8 Å². The Hall–Kier alpha value is -1.92. The van der Waals surface area contributed by atoms with Crippen LogP contribution < -0.4 is 10.6 Å². The Morgan fingerprint density at radius 2 is 2.05 bits per heavy atom. The van der Waals surface area contributed by atoms with E-state index in [-0.39, 0.29) is 17.8 Å². The standard InChI is InChI=1S/C12H17N5O2/c1-6(11(18)14-8-4-5-8)13-12(19)10-15-9(16-17-10)7-2-3-7/h6-8H,2-5H2,1H3,(H,13,19)(H,14,18)(H,15,16,17). The number of amides is 2. The van der Waals surface area contributed by atoms with Crippen molar-refractivity contribution in [2.45, 2.75) is 50.6 Å². The molecular formula is C12H17N5O2. The maximum Gasteiger partial charge on any atom is 0.291 e. The summed E-state index contributed by atoms with van der Waals surface area (Å²) in [5, 5.41) is 12.1. The number of carbonyl (C=O) groups excluding carboxylic acids is 2. The highest BCUT2D eigenvalue weighted by atomic mass is 16.2. The zero-order chi connectivity index (χ0) is 13.4. The molecular weight excluding hydrogens is 246 g/mol. The molecule has 2 amide bonds. The van der Waals surface area contributed by atoms with Crippen LogP contribution in [0.3, 0.4) is 0 Å². The van der Waals surface area contributed by atoms with E-state index in [1.54, 1.807) is 6.92 Å². The van der Waals surface area contributed by atoms with E-state index in [0.29, 0.717) is 5.92 Å². The Bertz CT molecular complexity index is 504. The average molecular weight is 263 g/mol. The number of rotatable bonds is 5. The van der Waals surface area contributed by atoms with E-state index in [1.807, 2.05) is 0 Å². The van der Waals surface area contributed by atoms with Gasteiger partial charge in [0, 0.05) is 12.0 Å². The molecule has 7 heteroatoms. The first-order chi connectivity index (χ1) is 9.13. The van der Waals surface area contributed by atoms with Crippen molar-refractivity contribution in [3.63, 3.8) is 0 Å². The van der Waals surface area contributed by atoms with Gasteiger partial charge >= 0.3 is 0 Å². The highest BCUT2D eigenvalue weighted by molar-refractivity contribution is 5.94. The molecule has 19 heavy (non-hydrogen) atoms. The summed E-state index contributed by atoms with van der Waals surface area (Å²) in [5.74, 6) is 0.716. The van der Waals surface area contributed by atoms with Gasteiger partial charge in [-0.15, -0.1) is 5.10 Å². The van der Waals surface area contributed by atoms with Gasteiger partial charge in [-0.2, -0.15) is 0 Å². The summed E-state index contributed by atoms with van der Waals surface area (Å²) >= 11 is 0. The lowest BCUT2D eigenvalue weighted by Crippen LogP contribution is -2.45. The van der Waals surface area contributed by atoms with Crippen molar-refractivity contribution in [1.82, 2.24) is 25.8 Å². The van der Waals surface area contributed by atoms with E-state index in [2.05, 4.69) is 25.8 Å². The van der Waals surface area contributed by atoms with Gasteiger partial charge in [-0.1, -0.05) is 0 Å². The van der Waals surface area contributed by atoms with Crippen LogP contribution in [0.2, 0.25) is 0 Å². The van der Waals surface area contributed by atoms with Crippen LogP contribution in [0.4, 0.5) is 0 Å². The van der Waals surface area contributed by atoms with Crippen molar-refractivity contribution in [3.05, 3.63) is 11.6 Å². The fourth-order valence-corrected chi connectivity index (χ4v) is 1.80. The number of aromatic amines is 1. The molecule has 0 aromatic carbocycles. The second-order valence-electron chi connectivity index (χ2n) is 5.30.